The fourth-order valence-electron chi connectivity index (χ4n) is 2.25. The monoisotopic (exact) mass is 284 g/mol. The number of carbonyl (C=O) groups excluding carboxylic acids is 1. The molecule has 108 valence electrons. The van der Waals surface area contributed by atoms with E-state index >= 15 is 0 Å². The molecule has 0 bridgehead atoms. The van der Waals surface area contributed by atoms with Crippen LogP contribution in [0, 0.1) is 0 Å². The number of benzene rings is 2. The molecular weight excluding hydrogens is 268 g/mol. The highest BCUT2D eigenvalue weighted by Crippen LogP contribution is 2.36. The predicted octanol–water partition coefficient (Wildman–Crippen LogP) is 2.49. The van der Waals surface area contributed by atoms with Gasteiger partial charge in [0.1, 0.15) is 0 Å². The number of amides is 1. The van der Waals surface area contributed by atoms with Crippen molar-refractivity contribution in [2.45, 2.75) is 13.0 Å². The highest BCUT2D eigenvalue weighted by Gasteiger charge is 2.20. The molecule has 1 aliphatic heterocycles. The third-order valence-electron chi connectivity index (χ3n) is 3.44. The first-order valence-electron chi connectivity index (χ1n) is 6.70. The number of fused-ring (bicyclic) bond motifs is 1. The first-order chi connectivity index (χ1) is 10.1. The number of hydrogen-bond acceptors (Lipinski definition) is 4. The van der Waals surface area contributed by atoms with Crippen molar-refractivity contribution in [3.05, 3.63) is 53.6 Å². The average Bonchev–Trinajstić information content (AvgIpc) is 2.94. The molecule has 21 heavy (non-hydrogen) atoms. The molecule has 2 aromatic carbocycles. The molecule has 5 nitrogen and oxygen atoms in total. The number of anilines is 1. The maximum Gasteiger partial charge on any atom is 0.253 e. The van der Waals surface area contributed by atoms with E-state index in [2.05, 4.69) is 5.32 Å². The Hall–Kier alpha value is -2.69. The number of carbonyl (C=O) groups is 1. The van der Waals surface area contributed by atoms with Gasteiger partial charge < -0.3 is 20.5 Å². The van der Waals surface area contributed by atoms with Crippen LogP contribution in [0.25, 0.3) is 0 Å². The standard InChI is InChI=1S/C16H16N2O3/c1-10(11-5-3-2-4-6-11)18-16(19)12-7-14-15(8-13(12)17)21-9-20-14/h2-8,10H,9,17H2,1H3,(H,18,19)/t10-/m0/s1. The van der Waals surface area contributed by atoms with Crippen LogP contribution in [0.5, 0.6) is 11.5 Å². The van der Waals surface area contributed by atoms with Crippen LogP contribution in [-0.4, -0.2) is 12.7 Å². The van der Waals surface area contributed by atoms with Gasteiger partial charge in [0, 0.05) is 11.8 Å². The van der Waals surface area contributed by atoms with Crippen molar-refractivity contribution in [2.24, 2.45) is 0 Å². The molecule has 0 spiro atoms. The zero-order valence-electron chi connectivity index (χ0n) is 11.6. The minimum absolute atomic E-state index is 0.108. The quantitative estimate of drug-likeness (QED) is 0.849. The van der Waals surface area contributed by atoms with Gasteiger partial charge in [0.25, 0.3) is 5.91 Å². The lowest BCUT2D eigenvalue weighted by molar-refractivity contribution is 0.0940. The highest BCUT2D eigenvalue weighted by molar-refractivity contribution is 6.00. The lowest BCUT2D eigenvalue weighted by Crippen LogP contribution is -2.27. The van der Waals surface area contributed by atoms with Gasteiger partial charge in [0.2, 0.25) is 6.79 Å². The van der Waals surface area contributed by atoms with Crippen LogP contribution < -0.4 is 20.5 Å². The minimum Gasteiger partial charge on any atom is -0.454 e. The van der Waals surface area contributed by atoms with Crippen LogP contribution in [0.4, 0.5) is 5.69 Å². The van der Waals surface area contributed by atoms with Gasteiger partial charge in [0.05, 0.1) is 11.6 Å². The Balaban J connectivity index is 1.80. The topological polar surface area (TPSA) is 73.6 Å². The number of nitrogens with two attached hydrogens (primary N) is 1. The summed E-state index contributed by atoms with van der Waals surface area (Å²) in [6.45, 7) is 2.08. The minimum atomic E-state index is -0.234. The molecule has 3 N–H and O–H groups in total. The van der Waals surface area contributed by atoms with E-state index in [1.54, 1.807) is 12.1 Å². The van der Waals surface area contributed by atoms with Gasteiger partial charge in [-0.05, 0) is 18.6 Å². The zero-order valence-corrected chi connectivity index (χ0v) is 11.6. The van der Waals surface area contributed by atoms with Crippen molar-refractivity contribution in [2.75, 3.05) is 12.5 Å². The maximum absolute atomic E-state index is 12.4. The Kier molecular flexibility index (Phi) is 3.39. The molecule has 2 aromatic rings. The second-order valence-corrected chi connectivity index (χ2v) is 4.90. The van der Waals surface area contributed by atoms with Gasteiger partial charge >= 0.3 is 0 Å². The summed E-state index contributed by atoms with van der Waals surface area (Å²) in [6, 6.07) is 12.9. The van der Waals surface area contributed by atoms with Crippen LogP contribution in [0.2, 0.25) is 0 Å². The van der Waals surface area contributed by atoms with Crippen molar-refractivity contribution in [1.29, 1.82) is 0 Å². The van der Waals surface area contributed by atoms with Crippen LogP contribution in [0.1, 0.15) is 28.9 Å². The lowest BCUT2D eigenvalue weighted by Gasteiger charge is -2.15. The lowest BCUT2D eigenvalue weighted by atomic mass is 10.1. The second kappa shape index (κ2) is 5.36. The Morgan fingerprint density at radius 2 is 1.86 bits per heavy atom. The highest BCUT2D eigenvalue weighted by atomic mass is 16.7. The molecule has 1 heterocycles. The molecular formula is C16H16N2O3. The fraction of sp³-hybridized carbons (Fsp3) is 0.188. The summed E-state index contributed by atoms with van der Waals surface area (Å²) in [4.78, 5) is 12.4. The Labute approximate surface area is 122 Å². The van der Waals surface area contributed by atoms with Crippen molar-refractivity contribution in [3.63, 3.8) is 0 Å². The van der Waals surface area contributed by atoms with Gasteiger partial charge in [0.15, 0.2) is 11.5 Å². The number of nitrogens with one attached hydrogen (secondary N) is 1. The Morgan fingerprint density at radius 1 is 1.19 bits per heavy atom. The van der Waals surface area contributed by atoms with E-state index in [4.69, 9.17) is 15.2 Å². The summed E-state index contributed by atoms with van der Waals surface area (Å²) in [5.74, 6) is 0.879. The van der Waals surface area contributed by atoms with E-state index in [1.165, 1.54) is 0 Å². The molecule has 0 saturated carbocycles. The van der Waals surface area contributed by atoms with Crippen LogP contribution >= 0.6 is 0 Å². The SMILES string of the molecule is C[C@H](NC(=O)c1cc2c(cc1N)OCO2)c1ccccc1. The Morgan fingerprint density at radius 3 is 2.57 bits per heavy atom. The first-order valence-corrected chi connectivity index (χ1v) is 6.70. The Bertz CT molecular complexity index is 671. The molecule has 0 radical (unpaired) electrons. The predicted molar refractivity (Wildman–Crippen MR) is 79.3 cm³/mol. The molecule has 0 aliphatic carbocycles. The van der Waals surface area contributed by atoms with Crippen molar-refractivity contribution >= 4 is 11.6 Å². The van der Waals surface area contributed by atoms with E-state index in [-0.39, 0.29) is 18.7 Å². The fourth-order valence-corrected chi connectivity index (χ4v) is 2.25. The third kappa shape index (κ3) is 2.63. The zero-order chi connectivity index (χ0) is 14.8. The largest absolute Gasteiger partial charge is 0.454 e. The van der Waals surface area contributed by atoms with Crippen molar-refractivity contribution in [3.8, 4) is 11.5 Å². The number of nitrogen functional groups attached to an aromatic ring is 1. The van der Waals surface area contributed by atoms with E-state index < -0.39 is 0 Å². The number of hydrogen-bond donors (Lipinski definition) is 2. The van der Waals surface area contributed by atoms with Crippen LogP contribution in [0.15, 0.2) is 42.5 Å². The average molecular weight is 284 g/mol. The summed E-state index contributed by atoms with van der Waals surface area (Å²) in [5.41, 5.74) is 7.71. The van der Waals surface area contributed by atoms with Crippen molar-refractivity contribution < 1.29 is 14.3 Å². The summed E-state index contributed by atoms with van der Waals surface area (Å²) < 4.78 is 10.5. The van der Waals surface area contributed by atoms with Gasteiger partial charge in [-0.1, -0.05) is 30.3 Å². The molecule has 0 saturated heterocycles. The smallest absolute Gasteiger partial charge is 0.253 e. The third-order valence-corrected chi connectivity index (χ3v) is 3.44. The summed E-state index contributed by atoms with van der Waals surface area (Å²) in [7, 11) is 0. The van der Waals surface area contributed by atoms with E-state index in [9.17, 15) is 4.79 Å². The molecule has 5 heteroatoms. The van der Waals surface area contributed by atoms with Crippen molar-refractivity contribution in [1.82, 2.24) is 5.32 Å². The number of rotatable bonds is 3. The van der Waals surface area contributed by atoms with Crippen LogP contribution in [0.3, 0.4) is 0 Å². The molecule has 0 unspecified atom stereocenters. The van der Waals surface area contributed by atoms with E-state index in [1.807, 2.05) is 37.3 Å². The summed E-state index contributed by atoms with van der Waals surface area (Å²) in [6.07, 6.45) is 0. The van der Waals surface area contributed by atoms with E-state index in [0.29, 0.717) is 22.7 Å². The van der Waals surface area contributed by atoms with E-state index in [0.717, 1.165) is 5.56 Å². The normalized spacial score (nSPS) is 13.8. The molecule has 3 rings (SSSR count). The van der Waals surface area contributed by atoms with Gasteiger partial charge in [-0.25, -0.2) is 0 Å². The number of ether oxygens (including phenoxy) is 2. The molecule has 0 aromatic heterocycles. The molecule has 1 amide bonds. The van der Waals surface area contributed by atoms with Gasteiger partial charge in [-0.15, -0.1) is 0 Å². The van der Waals surface area contributed by atoms with Gasteiger partial charge in [-0.3, -0.25) is 4.79 Å². The maximum atomic E-state index is 12.4. The summed E-state index contributed by atoms with van der Waals surface area (Å²) in [5, 5.41) is 2.93. The van der Waals surface area contributed by atoms with Gasteiger partial charge in [-0.2, -0.15) is 0 Å². The molecule has 1 atom stereocenters. The molecule has 1 aliphatic rings. The summed E-state index contributed by atoms with van der Waals surface area (Å²) >= 11 is 0. The molecule has 0 fully saturated rings. The second-order valence-electron chi connectivity index (χ2n) is 4.90. The first kappa shape index (κ1) is 13.3. The van der Waals surface area contributed by atoms with Crippen LogP contribution in [-0.2, 0) is 0 Å².